The molecule has 1 aromatic carbocycles. The van der Waals surface area contributed by atoms with Crippen LogP contribution in [-0.2, 0) is 4.79 Å². The number of carboxylic acid groups (broad SMARTS) is 1. The minimum absolute atomic E-state index is 0.106. The number of likely N-dealkylation sites (N-methyl/N-ethyl adjacent to an activating group) is 1. The van der Waals surface area contributed by atoms with E-state index in [1.165, 1.54) is 11.3 Å². The number of halogens is 1. The predicted molar refractivity (Wildman–Crippen MR) is 118 cm³/mol. The Labute approximate surface area is 185 Å². The maximum atomic E-state index is 14.1. The van der Waals surface area contributed by atoms with E-state index >= 15 is 0 Å². The van der Waals surface area contributed by atoms with Crippen LogP contribution >= 0.6 is 11.3 Å². The molecule has 5 rings (SSSR count). The van der Waals surface area contributed by atoms with Crippen LogP contribution < -0.4 is 5.32 Å². The van der Waals surface area contributed by atoms with E-state index in [0.29, 0.717) is 35.1 Å². The van der Waals surface area contributed by atoms with Crippen molar-refractivity contribution >= 4 is 33.3 Å². The lowest BCUT2D eigenvalue weighted by Gasteiger charge is -2.12. The maximum Gasteiger partial charge on any atom is 0.290 e. The number of aromatic amines is 1. The Morgan fingerprint density at radius 2 is 2.09 bits per heavy atom. The predicted octanol–water partition coefficient (Wildman–Crippen LogP) is 2.61. The number of likely N-dealkylation sites (tertiary alicyclic amines) is 1. The van der Waals surface area contributed by atoms with Crippen molar-refractivity contribution in [3.8, 4) is 28.1 Å². The van der Waals surface area contributed by atoms with Gasteiger partial charge < -0.3 is 20.4 Å². The Morgan fingerprint density at radius 3 is 2.75 bits per heavy atom. The van der Waals surface area contributed by atoms with Gasteiger partial charge in [-0.3, -0.25) is 9.89 Å². The minimum atomic E-state index is -0.931. The van der Waals surface area contributed by atoms with Gasteiger partial charge in [0.25, 0.3) is 6.47 Å². The fraction of sp³-hybridized carbons (Fsp3) is 0.250. The molecule has 1 aliphatic heterocycles. The van der Waals surface area contributed by atoms with Gasteiger partial charge in [0.15, 0.2) is 10.8 Å². The number of carbonyl (C=O) groups is 1. The molecule has 0 unspecified atom stereocenters. The van der Waals surface area contributed by atoms with Crippen LogP contribution in [0.4, 0.5) is 9.52 Å². The van der Waals surface area contributed by atoms with Crippen molar-refractivity contribution in [1.29, 1.82) is 0 Å². The number of hydrogen-bond donors (Lipinski definition) is 4. The van der Waals surface area contributed by atoms with Gasteiger partial charge in [0.05, 0.1) is 22.6 Å². The van der Waals surface area contributed by atoms with Gasteiger partial charge in [-0.1, -0.05) is 17.4 Å². The number of phenolic OH excluding ortho intramolecular Hbond substituents is 1. The summed E-state index contributed by atoms with van der Waals surface area (Å²) < 4.78 is 14.9. The topological polar surface area (TPSA) is 140 Å². The lowest BCUT2D eigenvalue weighted by molar-refractivity contribution is -0.122. The van der Waals surface area contributed by atoms with E-state index in [0.717, 1.165) is 15.8 Å². The third kappa shape index (κ3) is 4.50. The van der Waals surface area contributed by atoms with Gasteiger partial charge in [-0.15, -0.1) is 10.2 Å². The number of anilines is 1. The molecule has 10 nitrogen and oxygen atoms in total. The van der Waals surface area contributed by atoms with Crippen molar-refractivity contribution in [2.75, 3.05) is 25.5 Å². The molecule has 4 aromatic rings. The number of rotatable bonds is 4. The smallest absolute Gasteiger partial charge is 0.290 e. The molecular formula is C20H20FN7O3S. The normalized spacial score (nSPS) is 18.3. The fourth-order valence-corrected chi connectivity index (χ4v) is 4.42. The number of benzene rings is 1. The average Bonchev–Trinajstić information content (AvgIpc) is 3.49. The molecule has 1 aliphatic rings. The largest absolute Gasteiger partial charge is 0.507 e. The molecule has 166 valence electrons. The molecule has 3 aromatic heterocycles. The summed E-state index contributed by atoms with van der Waals surface area (Å²) in [4.78, 5) is 14.7. The quantitative estimate of drug-likeness (QED) is 0.340. The molecule has 0 amide bonds. The van der Waals surface area contributed by atoms with Crippen LogP contribution in [0.25, 0.3) is 32.7 Å². The van der Waals surface area contributed by atoms with Crippen molar-refractivity contribution < 1.29 is 19.4 Å². The lowest BCUT2D eigenvalue weighted by Crippen LogP contribution is -2.29. The molecule has 12 heteroatoms. The zero-order valence-electron chi connectivity index (χ0n) is 16.9. The number of H-pyrrole nitrogens is 1. The molecule has 0 bridgehead atoms. The number of alkyl halides is 1. The van der Waals surface area contributed by atoms with Gasteiger partial charge in [-0.05, 0) is 30.8 Å². The molecule has 1 saturated heterocycles. The number of phenols is 1. The van der Waals surface area contributed by atoms with Gasteiger partial charge in [-0.25, -0.2) is 4.39 Å². The van der Waals surface area contributed by atoms with Crippen LogP contribution in [0.15, 0.2) is 36.7 Å². The van der Waals surface area contributed by atoms with Gasteiger partial charge >= 0.3 is 0 Å². The summed E-state index contributed by atoms with van der Waals surface area (Å²) in [5.41, 5.74) is 3.36. The highest BCUT2D eigenvalue weighted by Crippen LogP contribution is 2.34. The maximum absolute atomic E-state index is 14.1. The molecule has 32 heavy (non-hydrogen) atoms. The fourth-order valence-electron chi connectivity index (χ4n) is 3.52. The third-order valence-corrected chi connectivity index (χ3v) is 5.92. The first-order valence-corrected chi connectivity index (χ1v) is 10.4. The first kappa shape index (κ1) is 21.6. The van der Waals surface area contributed by atoms with Crippen LogP contribution in [0, 0.1) is 0 Å². The number of fused-ring (bicyclic) bond motifs is 1. The van der Waals surface area contributed by atoms with Crippen LogP contribution in [0.2, 0.25) is 0 Å². The standard InChI is InChI=1S/C19H18FN7OS.CH2O2/c1-27-8-13(20)15(9-27)23-19-24-18-17(29-19)5-14(25-26-18)12-3-2-10(4-16(12)28)11-6-21-22-7-11;2-1-3/h2-7,13,15,28H,8-9H2,1H3,(H,21,22)(H,23,24,26);1H,(H,2,3)/t13-,15+;/m0./s1. The molecule has 0 aliphatic carbocycles. The number of aromatic hydroxyl groups is 1. The first-order chi connectivity index (χ1) is 15.5. The van der Waals surface area contributed by atoms with Crippen molar-refractivity contribution in [3.63, 3.8) is 0 Å². The van der Waals surface area contributed by atoms with Gasteiger partial charge in [0.1, 0.15) is 11.9 Å². The first-order valence-electron chi connectivity index (χ1n) is 9.62. The van der Waals surface area contributed by atoms with Gasteiger partial charge in [-0.2, -0.15) is 10.1 Å². The monoisotopic (exact) mass is 457 g/mol. The molecule has 0 radical (unpaired) electrons. The molecule has 0 saturated carbocycles. The highest BCUT2D eigenvalue weighted by atomic mass is 32.1. The van der Waals surface area contributed by atoms with Crippen molar-refractivity contribution in [1.82, 2.24) is 30.3 Å². The van der Waals surface area contributed by atoms with E-state index in [1.807, 2.05) is 24.1 Å². The number of thiazole rings is 1. The number of hydrogen-bond acceptors (Lipinski definition) is 9. The summed E-state index contributed by atoms with van der Waals surface area (Å²) in [5, 5.41) is 36.2. The number of nitrogens with zero attached hydrogens (tertiary/aromatic N) is 5. The molecule has 0 spiro atoms. The molecule has 4 N–H and O–H groups in total. The van der Waals surface area contributed by atoms with Gasteiger partial charge in [0, 0.05) is 30.4 Å². The van der Waals surface area contributed by atoms with Gasteiger partial charge in [0.2, 0.25) is 0 Å². The number of aromatic nitrogens is 5. The molecule has 1 fully saturated rings. The van der Waals surface area contributed by atoms with Crippen LogP contribution in [0.1, 0.15) is 0 Å². The van der Waals surface area contributed by atoms with E-state index in [9.17, 15) is 9.50 Å². The summed E-state index contributed by atoms with van der Waals surface area (Å²) in [6.45, 7) is 0.797. The van der Waals surface area contributed by atoms with Crippen LogP contribution in [0.3, 0.4) is 0 Å². The number of nitrogens with one attached hydrogen (secondary N) is 2. The summed E-state index contributed by atoms with van der Waals surface area (Å²) in [5.74, 6) is 0.106. The van der Waals surface area contributed by atoms with Crippen LogP contribution in [-0.4, -0.2) is 79.3 Å². The molecule has 4 heterocycles. The summed E-state index contributed by atoms with van der Waals surface area (Å²) in [6.07, 6.45) is 2.52. The highest BCUT2D eigenvalue weighted by molar-refractivity contribution is 7.22. The molecule has 2 atom stereocenters. The summed E-state index contributed by atoms with van der Waals surface area (Å²) in [7, 11) is 1.90. The Kier molecular flexibility index (Phi) is 6.23. The Morgan fingerprint density at radius 1 is 1.28 bits per heavy atom. The second-order valence-corrected chi connectivity index (χ2v) is 8.28. The van der Waals surface area contributed by atoms with E-state index in [2.05, 4.69) is 30.7 Å². The second-order valence-electron chi connectivity index (χ2n) is 7.25. The zero-order chi connectivity index (χ0) is 22.7. The summed E-state index contributed by atoms with van der Waals surface area (Å²) in [6, 6.07) is 6.92. The van der Waals surface area contributed by atoms with Crippen molar-refractivity contribution in [2.45, 2.75) is 12.2 Å². The van der Waals surface area contributed by atoms with E-state index in [4.69, 9.17) is 9.90 Å². The third-order valence-electron chi connectivity index (χ3n) is 5.00. The Balaban J connectivity index is 0.000000775. The van der Waals surface area contributed by atoms with E-state index in [1.54, 1.807) is 24.5 Å². The zero-order valence-corrected chi connectivity index (χ0v) is 17.8. The van der Waals surface area contributed by atoms with E-state index in [-0.39, 0.29) is 18.3 Å². The summed E-state index contributed by atoms with van der Waals surface area (Å²) >= 11 is 1.40. The Hall–Kier alpha value is -3.64. The van der Waals surface area contributed by atoms with Crippen molar-refractivity contribution in [2.24, 2.45) is 0 Å². The molecular weight excluding hydrogens is 437 g/mol. The highest BCUT2D eigenvalue weighted by Gasteiger charge is 2.31. The minimum Gasteiger partial charge on any atom is -0.507 e. The van der Waals surface area contributed by atoms with E-state index < -0.39 is 6.17 Å². The SMILES string of the molecule is CN1C[C@H](F)[C@H](Nc2nc3nnc(-c4ccc(-c5cn[nH]c5)cc4O)cc3s2)C1.O=CO. The second kappa shape index (κ2) is 9.24. The van der Waals surface area contributed by atoms with Crippen LogP contribution in [0.5, 0.6) is 5.75 Å². The Bertz CT molecular complexity index is 1220. The van der Waals surface area contributed by atoms with Crippen molar-refractivity contribution in [3.05, 3.63) is 36.7 Å². The lowest BCUT2D eigenvalue weighted by atomic mass is 10.0. The average molecular weight is 457 g/mol.